The molecule has 0 unspecified atom stereocenters. The number of nitrogens with zero attached hydrogens (tertiary/aromatic N) is 4. The van der Waals surface area contributed by atoms with Crippen LogP contribution in [-0.4, -0.2) is 40.9 Å². The molecule has 1 fully saturated rings. The third kappa shape index (κ3) is 2.81. The lowest BCUT2D eigenvalue weighted by atomic mass is 10.0. The van der Waals surface area contributed by atoms with Crippen molar-refractivity contribution in [3.05, 3.63) is 60.4 Å². The standard InChI is InChI=1S/C16H13FN4O3S/c17-12-5-1-2-7-14(12)25(22,23)21-9-11(10-21)16-19-15(20-24-16)13-6-3-4-8-18-13/h1-8,11H,9-10H2. The first-order valence-corrected chi connectivity index (χ1v) is 8.99. The van der Waals surface area contributed by atoms with Gasteiger partial charge in [0.25, 0.3) is 0 Å². The van der Waals surface area contributed by atoms with Crippen molar-refractivity contribution in [1.29, 1.82) is 0 Å². The van der Waals surface area contributed by atoms with Crippen molar-refractivity contribution in [3.8, 4) is 11.5 Å². The highest BCUT2D eigenvalue weighted by atomic mass is 32.2. The van der Waals surface area contributed by atoms with Crippen molar-refractivity contribution in [1.82, 2.24) is 19.4 Å². The van der Waals surface area contributed by atoms with Crippen LogP contribution in [0.3, 0.4) is 0 Å². The molecule has 3 aromatic rings. The Hall–Kier alpha value is -2.65. The molecular weight excluding hydrogens is 347 g/mol. The highest BCUT2D eigenvalue weighted by molar-refractivity contribution is 7.89. The van der Waals surface area contributed by atoms with Gasteiger partial charge < -0.3 is 4.52 Å². The summed E-state index contributed by atoms with van der Waals surface area (Å²) in [5.41, 5.74) is 0.577. The molecule has 3 heterocycles. The maximum Gasteiger partial charge on any atom is 0.246 e. The van der Waals surface area contributed by atoms with Crippen LogP contribution < -0.4 is 0 Å². The summed E-state index contributed by atoms with van der Waals surface area (Å²) in [7, 11) is -3.86. The zero-order chi connectivity index (χ0) is 17.4. The second-order valence-electron chi connectivity index (χ2n) is 5.62. The van der Waals surface area contributed by atoms with E-state index in [0.29, 0.717) is 17.4 Å². The number of hydrogen-bond acceptors (Lipinski definition) is 6. The van der Waals surface area contributed by atoms with E-state index < -0.39 is 15.8 Å². The maximum atomic E-state index is 13.8. The Balaban J connectivity index is 1.49. The summed E-state index contributed by atoms with van der Waals surface area (Å²) in [6.07, 6.45) is 1.62. The van der Waals surface area contributed by atoms with Crippen LogP contribution in [0.1, 0.15) is 11.8 Å². The Morgan fingerprint density at radius 2 is 1.88 bits per heavy atom. The molecule has 0 radical (unpaired) electrons. The van der Waals surface area contributed by atoms with Crippen LogP contribution in [-0.2, 0) is 10.0 Å². The molecule has 2 aromatic heterocycles. The molecular formula is C16H13FN4O3S. The number of hydrogen-bond donors (Lipinski definition) is 0. The van der Waals surface area contributed by atoms with Crippen molar-refractivity contribution >= 4 is 10.0 Å². The molecule has 0 amide bonds. The monoisotopic (exact) mass is 360 g/mol. The number of benzene rings is 1. The first-order chi connectivity index (χ1) is 12.1. The van der Waals surface area contributed by atoms with Gasteiger partial charge in [-0.3, -0.25) is 4.98 Å². The molecule has 4 rings (SSSR count). The second kappa shape index (κ2) is 6.01. The summed E-state index contributed by atoms with van der Waals surface area (Å²) in [6, 6.07) is 10.7. The van der Waals surface area contributed by atoms with E-state index in [0.717, 1.165) is 6.07 Å². The van der Waals surface area contributed by atoms with E-state index in [2.05, 4.69) is 15.1 Å². The predicted octanol–water partition coefficient (Wildman–Crippen LogP) is 2.06. The molecule has 9 heteroatoms. The van der Waals surface area contributed by atoms with Crippen molar-refractivity contribution < 1.29 is 17.3 Å². The van der Waals surface area contributed by atoms with E-state index in [-0.39, 0.29) is 23.9 Å². The van der Waals surface area contributed by atoms with E-state index in [1.54, 1.807) is 18.3 Å². The molecule has 0 saturated carbocycles. The molecule has 1 aliphatic heterocycles. The molecule has 0 bridgehead atoms. The minimum absolute atomic E-state index is 0.167. The summed E-state index contributed by atoms with van der Waals surface area (Å²) in [5, 5.41) is 3.87. The highest BCUT2D eigenvalue weighted by Gasteiger charge is 2.41. The van der Waals surface area contributed by atoms with E-state index in [9.17, 15) is 12.8 Å². The number of aromatic nitrogens is 3. The van der Waals surface area contributed by atoms with Crippen molar-refractivity contribution in [2.24, 2.45) is 0 Å². The highest BCUT2D eigenvalue weighted by Crippen LogP contribution is 2.32. The fourth-order valence-corrected chi connectivity index (χ4v) is 4.18. The van der Waals surface area contributed by atoms with E-state index >= 15 is 0 Å². The molecule has 25 heavy (non-hydrogen) atoms. The Bertz CT molecular complexity index is 1000. The van der Waals surface area contributed by atoms with Gasteiger partial charge in [0.15, 0.2) is 0 Å². The van der Waals surface area contributed by atoms with Crippen LogP contribution in [0.25, 0.3) is 11.5 Å². The Kier molecular flexibility index (Phi) is 3.81. The fourth-order valence-electron chi connectivity index (χ4n) is 2.58. The van der Waals surface area contributed by atoms with Gasteiger partial charge in [-0.1, -0.05) is 23.4 Å². The van der Waals surface area contributed by atoms with Gasteiger partial charge in [-0.2, -0.15) is 9.29 Å². The Morgan fingerprint density at radius 1 is 1.12 bits per heavy atom. The SMILES string of the molecule is O=S(=O)(c1ccccc1F)N1CC(c2nc(-c3ccccn3)no2)C1. The van der Waals surface area contributed by atoms with Gasteiger partial charge in [0.1, 0.15) is 16.4 Å². The van der Waals surface area contributed by atoms with Crippen LogP contribution >= 0.6 is 0 Å². The summed E-state index contributed by atoms with van der Waals surface area (Å²) in [4.78, 5) is 8.08. The fraction of sp³-hybridized carbons (Fsp3) is 0.188. The summed E-state index contributed by atoms with van der Waals surface area (Å²) in [5.74, 6) is -0.278. The van der Waals surface area contributed by atoms with E-state index in [1.807, 2.05) is 6.07 Å². The van der Waals surface area contributed by atoms with Gasteiger partial charge in [0, 0.05) is 19.3 Å². The molecule has 128 valence electrons. The molecule has 0 aliphatic carbocycles. The Morgan fingerprint density at radius 3 is 2.60 bits per heavy atom. The molecule has 0 spiro atoms. The van der Waals surface area contributed by atoms with Gasteiger partial charge in [-0.25, -0.2) is 12.8 Å². The molecule has 0 atom stereocenters. The zero-order valence-corrected chi connectivity index (χ0v) is 13.7. The number of rotatable bonds is 4. The number of pyridine rings is 1. The lowest BCUT2D eigenvalue weighted by Gasteiger charge is -2.35. The topological polar surface area (TPSA) is 89.2 Å². The van der Waals surface area contributed by atoms with Crippen molar-refractivity contribution in [2.45, 2.75) is 10.8 Å². The van der Waals surface area contributed by atoms with Crippen LogP contribution in [0.5, 0.6) is 0 Å². The third-order valence-corrected chi connectivity index (χ3v) is 5.85. The average molecular weight is 360 g/mol. The lowest BCUT2D eigenvalue weighted by molar-refractivity contribution is 0.216. The van der Waals surface area contributed by atoms with Crippen molar-refractivity contribution in [3.63, 3.8) is 0 Å². The molecule has 1 aromatic carbocycles. The van der Waals surface area contributed by atoms with Crippen LogP contribution in [0, 0.1) is 5.82 Å². The van der Waals surface area contributed by atoms with Crippen molar-refractivity contribution in [2.75, 3.05) is 13.1 Å². The summed E-state index contributed by atoms with van der Waals surface area (Å²) >= 11 is 0. The smallest absolute Gasteiger partial charge is 0.246 e. The Labute approximate surface area is 143 Å². The molecule has 0 N–H and O–H groups in total. The number of halogens is 1. The predicted molar refractivity (Wildman–Crippen MR) is 85.4 cm³/mol. The van der Waals surface area contributed by atoms with Crippen LogP contribution in [0.4, 0.5) is 4.39 Å². The van der Waals surface area contributed by atoms with Crippen LogP contribution in [0.2, 0.25) is 0 Å². The molecule has 7 nitrogen and oxygen atoms in total. The normalized spacial score (nSPS) is 15.9. The van der Waals surface area contributed by atoms with E-state index in [1.165, 1.54) is 22.5 Å². The molecule has 1 saturated heterocycles. The summed E-state index contributed by atoms with van der Waals surface area (Å²) in [6.45, 7) is 0.334. The molecule has 1 aliphatic rings. The van der Waals surface area contributed by atoms with Gasteiger partial charge >= 0.3 is 0 Å². The van der Waals surface area contributed by atoms with Crippen LogP contribution in [0.15, 0.2) is 58.1 Å². The van der Waals surface area contributed by atoms with Gasteiger partial charge in [-0.05, 0) is 24.3 Å². The quantitative estimate of drug-likeness (QED) is 0.707. The zero-order valence-electron chi connectivity index (χ0n) is 12.9. The summed E-state index contributed by atoms with van der Waals surface area (Å²) < 4.78 is 45.1. The van der Waals surface area contributed by atoms with Gasteiger partial charge in [-0.15, -0.1) is 0 Å². The second-order valence-corrected chi connectivity index (χ2v) is 7.53. The first kappa shape index (κ1) is 15.9. The first-order valence-electron chi connectivity index (χ1n) is 7.55. The minimum Gasteiger partial charge on any atom is -0.339 e. The van der Waals surface area contributed by atoms with Gasteiger partial charge in [0.2, 0.25) is 21.7 Å². The maximum absolute atomic E-state index is 13.8. The lowest BCUT2D eigenvalue weighted by Crippen LogP contribution is -2.48. The largest absolute Gasteiger partial charge is 0.339 e. The average Bonchev–Trinajstić information content (AvgIpc) is 3.04. The van der Waals surface area contributed by atoms with E-state index in [4.69, 9.17) is 4.52 Å². The third-order valence-electron chi connectivity index (χ3n) is 3.99. The van der Waals surface area contributed by atoms with Gasteiger partial charge in [0.05, 0.1) is 5.92 Å². The minimum atomic E-state index is -3.86. The number of sulfonamides is 1.